The number of halogens is 1. The zero-order valence-corrected chi connectivity index (χ0v) is 10.2. The third-order valence-electron chi connectivity index (χ3n) is 2.06. The molecule has 0 aromatic heterocycles. The van der Waals surface area contributed by atoms with Crippen molar-refractivity contribution in [3.8, 4) is 0 Å². The van der Waals surface area contributed by atoms with E-state index in [2.05, 4.69) is 4.74 Å². The summed E-state index contributed by atoms with van der Waals surface area (Å²) >= 11 is 5.98. The molecular formula is C11H13ClN2O4. The fraction of sp³-hybridized carbons (Fsp3) is 0.273. The molecule has 4 N–H and O–H groups in total. The Balaban J connectivity index is 2.79. The van der Waals surface area contributed by atoms with E-state index in [4.69, 9.17) is 27.8 Å². The maximum absolute atomic E-state index is 10.7. The van der Waals surface area contributed by atoms with Crippen LogP contribution in [0.5, 0.6) is 0 Å². The number of benzene rings is 1. The van der Waals surface area contributed by atoms with Crippen LogP contribution >= 0.6 is 11.6 Å². The van der Waals surface area contributed by atoms with Crippen LogP contribution in [-0.2, 0) is 14.3 Å². The quantitative estimate of drug-likeness (QED) is 0.805. The molecule has 0 bridgehead atoms. The van der Waals surface area contributed by atoms with Crippen LogP contribution in [-0.4, -0.2) is 25.2 Å². The van der Waals surface area contributed by atoms with Crippen molar-refractivity contribution in [1.82, 2.24) is 0 Å². The van der Waals surface area contributed by atoms with E-state index in [-0.39, 0.29) is 13.2 Å². The summed E-state index contributed by atoms with van der Waals surface area (Å²) in [4.78, 5) is 21.3. The van der Waals surface area contributed by atoms with Crippen LogP contribution in [0, 0.1) is 0 Å². The molecular weight excluding hydrogens is 260 g/mol. The number of nitrogens with two attached hydrogens (primary N) is 2. The highest BCUT2D eigenvalue weighted by atomic mass is 35.5. The highest BCUT2D eigenvalue weighted by Crippen LogP contribution is 2.25. The summed E-state index contributed by atoms with van der Waals surface area (Å²) in [6.45, 7) is -0.454. The normalized spacial score (nSPS) is 11.8. The second-order valence-electron chi connectivity index (χ2n) is 3.42. The number of rotatable bonds is 6. The van der Waals surface area contributed by atoms with Crippen molar-refractivity contribution < 1.29 is 19.1 Å². The molecule has 18 heavy (non-hydrogen) atoms. The minimum absolute atomic E-state index is 0.146. The minimum Gasteiger partial charge on any atom is -0.447 e. The Morgan fingerprint density at radius 2 is 1.94 bits per heavy atom. The summed E-state index contributed by atoms with van der Waals surface area (Å²) in [5.74, 6) is -0.633. The lowest BCUT2D eigenvalue weighted by Gasteiger charge is -2.18. The van der Waals surface area contributed by atoms with Crippen molar-refractivity contribution in [2.45, 2.75) is 6.10 Å². The monoisotopic (exact) mass is 272 g/mol. The topological polar surface area (TPSA) is 105 Å². The number of amides is 2. The lowest BCUT2D eigenvalue weighted by molar-refractivity contribution is -0.125. The largest absolute Gasteiger partial charge is 0.447 e. The van der Waals surface area contributed by atoms with Crippen molar-refractivity contribution in [1.29, 1.82) is 0 Å². The number of carbonyl (C=O) groups excluding carboxylic acids is 2. The predicted molar refractivity (Wildman–Crippen MR) is 64.9 cm³/mol. The summed E-state index contributed by atoms with van der Waals surface area (Å²) in [7, 11) is 0. The van der Waals surface area contributed by atoms with Crippen LogP contribution in [0.3, 0.4) is 0 Å². The van der Waals surface area contributed by atoms with Gasteiger partial charge < -0.3 is 20.9 Å². The smallest absolute Gasteiger partial charge is 0.404 e. The molecule has 0 fully saturated rings. The number of hydrogen-bond donors (Lipinski definition) is 2. The van der Waals surface area contributed by atoms with E-state index in [1.165, 1.54) is 0 Å². The van der Waals surface area contributed by atoms with Gasteiger partial charge in [-0.2, -0.15) is 0 Å². The molecule has 0 saturated carbocycles. The third kappa shape index (κ3) is 4.60. The molecule has 1 aromatic carbocycles. The fourth-order valence-electron chi connectivity index (χ4n) is 1.30. The van der Waals surface area contributed by atoms with E-state index in [1.807, 2.05) is 0 Å². The van der Waals surface area contributed by atoms with Gasteiger partial charge in [0.25, 0.3) is 0 Å². The first-order valence-corrected chi connectivity index (χ1v) is 5.45. The number of primary amides is 2. The van der Waals surface area contributed by atoms with Crippen molar-refractivity contribution in [2.75, 3.05) is 13.2 Å². The van der Waals surface area contributed by atoms with Gasteiger partial charge in [-0.1, -0.05) is 29.8 Å². The Morgan fingerprint density at radius 1 is 1.28 bits per heavy atom. The van der Waals surface area contributed by atoms with Gasteiger partial charge in [-0.05, 0) is 6.07 Å². The van der Waals surface area contributed by atoms with Crippen molar-refractivity contribution in [3.05, 3.63) is 34.9 Å². The van der Waals surface area contributed by atoms with Crippen molar-refractivity contribution >= 4 is 23.6 Å². The maximum Gasteiger partial charge on any atom is 0.404 e. The van der Waals surface area contributed by atoms with Crippen LogP contribution in [0.15, 0.2) is 24.3 Å². The van der Waals surface area contributed by atoms with Gasteiger partial charge in [-0.25, -0.2) is 4.79 Å². The first-order valence-electron chi connectivity index (χ1n) is 5.07. The highest BCUT2D eigenvalue weighted by molar-refractivity contribution is 6.31. The predicted octanol–water partition coefficient (Wildman–Crippen LogP) is 0.978. The van der Waals surface area contributed by atoms with Gasteiger partial charge in [0.1, 0.15) is 19.3 Å². The van der Waals surface area contributed by atoms with Crippen LogP contribution in [0.2, 0.25) is 5.02 Å². The maximum atomic E-state index is 10.7. The number of hydrogen-bond acceptors (Lipinski definition) is 4. The minimum atomic E-state index is -0.935. The Labute approximate surface area is 109 Å². The SMILES string of the molecule is NC(=O)CO[C@@H](COC(N)=O)c1ccccc1Cl. The first kappa shape index (κ1) is 14.3. The van der Waals surface area contributed by atoms with Crippen LogP contribution in [0.4, 0.5) is 4.79 Å². The van der Waals surface area contributed by atoms with Gasteiger partial charge in [0, 0.05) is 10.6 Å². The zero-order valence-electron chi connectivity index (χ0n) is 9.47. The molecule has 0 radical (unpaired) electrons. The zero-order chi connectivity index (χ0) is 13.5. The molecule has 6 nitrogen and oxygen atoms in total. The van der Waals surface area contributed by atoms with Gasteiger partial charge in [-0.15, -0.1) is 0 Å². The Kier molecular flexibility index (Phi) is 5.41. The van der Waals surface area contributed by atoms with Gasteiger partial charge in [0.2, 0.25) is 5.91 Å². The summed E-state index contributed by atoms with van der Waals surface area (Å²) in [6, 6.07) is 6.83. The molecule has 0 aliphatic rings. The van der Waals surface area contributed by atoms with Gasteiger partial charge in [-0.3, -0.25) is 4.79 Å². The summed E-state index contributed by atoms with van der Waals surface area (Å²) < 4.78 is 9.88. The molecule has 0 aliphatic carbocycles. The van der Waals surface area contributed by atoms with Crippen LogP contribution in [0.1, 0.15) is 11.7 Å². The lowest BCUT2D eigenvalue weighted by atomic mass is 10.1. The van der Waals surface area contributed by atoms with E-state index in [0.717, 1.165) is 0 Å². The van der Waals surface area contributed by atoms with Gasteiger partial charge in [0.05, 0.1) is 0 Å². The fourth-order valence-corrected chi connectivity index (χ4v) is 1.56. The van der Waals surface area contributed by atoms with Gasteiger partial charge >= 0.3 is 6.09 Å². The molecule has 0 unspecified atom stereocenters. The van der Waals surface area contributed by atoms with Crippen LogP contribution in [0.25, 0.3) is 0 Å². The molecule has 2 amide bonds. The number of ether oxygens (including phenoxy) is 2. The Morgan fingerprint density at radius 3 is 2.50 bits per heavy atom. The number of carbonyl (C=O) groups is 2. The average molecular weight is 273 g/mol. The molecule has 0 saturated heterocycles. The lowest BCUT2D eigenvalue weighted by Crippen LogP contribution is -2.24. The average Bonchev–Trinajstić information content (AvgIpc) is 2.30. The molecule has 0 heterocycles. The van der Waals surface area contributed by atoms with Gasteiger partial charge in [0.15, 0.2) is 0 Å². The van der Waals surface area contributed by atoms with E-state index in [1.54, 1.807) is 24.3 Å². The van der Waals surface area contributed by atoms with E-state index in [0.29, 0.717) is 10.6 Å². The molecule has 98 valence electrons. The summed E-state index contributed by atoms with van der Waals surface area (Å²) in [5, 5.41) is 0.431. The summed E-state index contributed by atoms with van der Waals surface area (Å²) in [6.07, 6.45) is -1.63. The molecule has 1 atom stereocenters. The second-order valence-corrected chi connectivity index (χ2v) is 3.82. The summed E-state index contributed by atoms with van der Waals surface area (Å²) in [5.41, 5.74) is 10.4. The third-order valence-corrected chi connectivity index (χ3v) is 2.40. The van der Waals surface area contributed by atoms with E-state index >= 15 is 0 Å². The Hall–Kier alpha value is -1.79. The van der Waals surface area contributed by atoms with Crippen molar-refractivity contribution in [2.24, 2.45) is 11.5 Å². The van der Waals surface area contributed by atoms with E-state index < -0.39 is 18.1 Å². The van der Waals surface area contributed by atoms with Crippen LogP contribution < -0.4 is 11.5 Å². The Bertz CT molecular complexity index is 421. The van der Waals surface area contributed by atoms with E-state index in [9.17, 15) is 9.59 Å². The molecule has 0 spiro atoms. The standard InChI is InChI=1S/C11H13ClN2O4/c12-8-4-2-1-3-7(8)9(5-18-11(14)16)17-6-10(13)15/h1-4,9H,5-6H2,(H2,13,15)(H2,14,16)/t9-/m0/s1. The highest BCUT2D eigenvalue weighted by Gasteiger charge is 2.17. The molecule has 0 aliphatic heterocycles. The molecule has 7 heteroatoms. The second kappa shape index (κ2) is 6.83. The molecule has 1 rings (SSSR count). The first-order chi connectivity index (χ1) is 8.50. The van der Waals surface area contributed by atoms with Crippen molar-refractivity contribution in [3.63, 3.8) is 0 Å². The molecule has 1 aromatic rings.